The van der Waals surface area contributed by atoms with Gasteiger partial charge in [0, 0.05) is 6.42 Å². The summed E-state index contributed by atoms with van der Waals surface area (Å²) in [5.74, 6) is 7.45. The molecule has 0 radical (unpaired) electrons. The average Bonchev–Trinajstić information content (AvgIpc) is 3.00. The number of methoxy groups -OCH3 is 1. The molecule has 0 spiro atoms. The van der Waals surface area contributed by atoms with E-state index in [1.807, 2.05) is 42.5 Å². The van der Waals surface area contributed by atoms with Gasteiger partial charge in [0.25, 0.3) is 0 Å². The van der Waals surface area contributed by atoms with Gasteiger partial charge in [0.05, 0.1) is 19.3 Å². The fourth-order valence-corrected chi connectivity index (χ4v) is 2.35. The fourth-order valence-electron chi connectivity index (χ4n) is 2.35. The Morgan fingerprint density at radius 3 is 2.95 bits per heavy atom. The molecule has 1 heterocycles. The van der Waals surface area contributed by atoms with E-state index in [4.69, 9.17) is 9.47 Å². The zero-order chi connectivity index (χ0) is 14.7. The van der Waals surface area contributed by atoms with Crippen LogP contribution in [0.5, 0.6) is 11.5 Å². The first-order valence-corrected chi connectivity index (χ1v) is 6.86. The summed E-state index contributed by atoms with van der Waals surface area (Å²) in [6.45, 7) is 0.710. The van der Waals surface area contributed by atoms with E-state index >= 15 is 0 Å². The number of fused-ring (bicyclic) bond motifs is 1. The first-order valence-electron chi connectivity index (χ1n) is 6.86. The Labute approximate surface area is 124 Å². The lowest BCUT2D eigenvalue weighted by Crippen LogP contribution is -1.95. The topological polar surface area (TPSA) is 38.7 Å². The molecule has 21 heavy (non-hydrogen) atoms. The van der Waals surface area contributed by atoms with Gasteiger partial charge in [-0.15, -0.1) is 0 Å². The largest absolute Gasteiger partial charge is 0.495 e. The zero-order valence-electron chi connectivity index (χ0n) is 11.8. The van der Waals surface area contributed by atoms with Crippen molar-refractivity contribution in [3.8, 4) is 23.3 Å². The van der Waals surface area contributed by atoms with Crippen LogP contribution in [0, 0.1) is 11.8 Å². The Bertz CT molecular complexity index is 710. The van der Waals surface area contributed by atoms with Crippen LogP contribution in [0.25, 0.3) is 0 Å². The molecule has 1 unspecified atom stereocenters. The van der Waals surface area contributed by atoms with Gasteiger partial charge in [-0.25, -0.2) is 0 Å². The molecule has 0 amide bonds. The molecule has 1 N–H and O–H groups in total. The van der Waals surface area contributed by atoms with E-state index in [0.29, 0.717) is 12.4 Å². The van der Waals surface area contributed by atoms with Crippen molar-refractivity contribution in [3.05, 3.63) is 59.2 Å². The maximum Gasteiger partial charge on any atom is 0.140 e. The summed E-state index contributed by atoms with van der Waals surface area (Å²) in [5, 5.41) is 10.2. The molecule has 0 saturated carbocycles. The third kappa shape index (κ3) is 2.86. The number of hydrogen-bond acceptors (Lipinski definition) is 3. The summed E-state index contributed by atoms with van der Waals surface area (Å²) in [6.07, 6.45) is 0.0661. The highest BCUT2D eigenvalue weighted by atomic mass is 16.5. The normalized spacial score (nSPS) is 13.6. The van der Waals surface area contributed by atoms with E-state index in [2.05, 4.69) is 11.8 Å². The third-order valence-electron chi connectivity index (χ3n) is 3.48. The molecule has 0 bridgehead atoms. The molecule has 3 heteroatoms. The minimum absolute atomic E-state index is 0.708. The third-order valence-corrected chi connectivity index (χ3v) is 3.48. The van der Waals surface area contributed by atoms with Crippen LogP contribution in [0.15, 0.2) is 42.5 Å². The van der Waals surface area contributed by atoms with E-state index in [-0.39, 0.29) is 0 Å². The number of aliphatic hydroxyl groups excluding tert-OH is 1. The maximum absolute atomic E-state index is 10.2. The first kappa shape index (κ1) is 13.5. The second kappa shape index (κ2) is 5.90. The Balaban J connectivity index is 1.84. The number of para-hydroxylation sites is 1. The summed E-state index contributed by atoms with van der Waals surface area (Å²) in [6, 6.07) is 13.2. The number of ether oxygens (including phenoxy) is 2. The van der Waals surface area contributed by atoms with Gasteiger partial charge in [0.2, 0.25) is 0 Å². The molecular formula is C18H16O3. The van der Waals surface area contributed by atoms with Crippen molar-refractivity contribution >= 4 is 0 Å². The van der Waals surface area contributed by atoms with Crippen LogP contribution < -0.4 is 9.47 Å². The van der Waals surface area contributed by atoms with Crippen LogP contribution in [0.4, 0.5) is 0 Å². The number of rotatable bonds is 2. The molecule has 2 aromatic rings. The second-order valence-corrected chi connectivity index (χ2v) is 4.84. The van der Waals surface area contributed by atoms with E-state index in [1.165, 1.54) is 0 Å². The smallest absolute Gasteiger partial charge is 0.140 e. The van der Waals surface area contributed by atoms with Gasteiger partial charge in [-0.3, -0.25) is 0 Å². The SMILES string of the molecule is COc1ccccc1C#CC(O)c1ccc2c(c1)CCO2. The molecule has 1 aliphatic rings. The number of benzene rings is 2. The van der Waals surface area contributed by atoms with Crippen LogP contribution in [-0.2, 0) is 6.42 Å². The van der Waals surface area contributed by atoms with Crippen LogP contribution in [0.1, 0.15) is 22.8 Å². The molecule has 3 rings (SSSR count). The summed E-state index contributed by atoms with van der Waals surface area (Å²) in [5.41, 5.74) is 2.69. The highest BCUT2D eigenvalue weighted by Gasteiger charge is 2.14. The summed E-state index contributed by atoms with van der Waals surface area (Å²) < 4.78 is 10.7. The Kier molecular flexibility index (Phi) is 3.81. The van der Waals surface area contributed by atoms with Crippen molar-refractivity contribution in [2.75, 3.05) is 13.7 Å². The van der Waals surface area contributed by atoms with Crippen molar-refractivity contribution in [3.63, 3.8) is 0 Å². The fraction of sp³-hybridized carbons (Fsp3) is 0.222. The van der Waals surface area contributed by atoms with E-state index in [1.54, 1.807) is 7.11 Å². The van der Waals surface area contributed by atoms with Gasteiger partial charge < -0.3 is 14.6 Å². The maximum atomic E-state index is 10.2. The van der Waals surface area contributed by atoms with Gasteiger partial charge >= 0.3 is 0 Å². The highest BCUT2D eigenvalue weighted by molar-refractivity contribution is 5.47. The van der Waals surface area contributed by atoms with Crippen molar-refractivity contribution in [2.24, 2.45) is 0 Å². The predicted octanol–water partition coefficient (Wildman–Crippen LogP) is 2.72. The van der Waals surface area contributed by atoms with Crippen molar-refractivity contribution < 1.29 is 14.6 Å². The highest BCUT2D eigenvalue weighted by Crippen LogP contribution is 2.28. The molecule has 1 atom stereocenters. The quantitative estimate of drug-likeness (QED) is 0.860. The van der Waals surface area contributed by atoms with Crippen LogP contribution >= 0.6 is 0 Å². The van der Waals surface area contributed by atoms with Gasteiger partial charge in [-0.2, -0.15) is 0 Å². The molecule has 106 valence electrons. The van der Waals surface area contributed by atoms with E-state index in [0.717, 1.165) is 28.9 Å². The van der Waals surface area contributed by atoms with Crippen LogP contribution in [0.3, 0.4) is 0 Å². The monoisotopic (exact) mass is 280 g/mol. The van der Waals surface area contributed by atoms with Crippen LogP contribution in [-0.4, -0.2) is 18.8 Å². The lowest BCUT2D eigenvalue weighted by Gasteiger charge is -2.06. The molecule has 3 nitrogen and oxygen atoms in total. The minimum Gasteiger partial charge on any atom is -0.495 e. The number of aliphatic hydroxyl groups is 1. The Hall–Kier alpha value is -2.44. The van der Waals surface area contributed by atoms with Gasteiger partial charge in [0.15, 0.2) is 0 Å². The summed E-state index contributed by atoms with van der Waals surface area (Å²) in [4.78, 5) is 0. The summed E-state index contributed by atoms with van der Waals surface area (Å²) in [7, 11) is 1.61. The molecule has 0 aromatic heterocycles. The van der Waals surface area contributed by atoms with Crippen LogP contribution in [0.2, 0.25) is 0 Å². The molecule has 2 aromatic carbocycles. The Morgan fingerprint density at radius 1 is 1.24 bits per heavy atom. The molecule has 0 fully saturated rings. The zero-order valence-corrected chi connectivity index (χ0v) is 11.8. The lowest BCUT2D eigenvalue weighted by molar-refractivity contribution is 0.238. The second-order valence-electron chi connectivity index (χ2n) is 4.84. The number of hydrogen-bond donors (Lipinski definition) is 1. The molecule has 1 aliphatic heterocycles. The molecular weight excluding hydrogens is 264 g/mol. The van der Waals surface area contributed by atoms with Gasteiger partial charge in [0.1, 0.15) is 17.6 Å². The van der Waals surface area contributed by atoms with Crippen molar-refractivity contribution in [1.29, 1.82) is 0 Å². The van der Waals surface area contributed by atoms with E-state index in [9.17, 15) is 5.11 Å². The van der Waals surface area contributed by atoms with Crippen molar-refractivity contribution in [1.82, 2.24) is 0 Å². The van der Waals surface area contributed by atoms with Crippen molar-refractivity contribution in [2.45, 2.75) is 12.5 Å². The first-order chi connectivity index (χ1) is 10.3. The lowest BCUT2D eigenvalue weighted by atomic mass is 10.0. The molecule has 0 aliphatic carbocycles. The minimum atomic E-state index is -0.819. The van der Waals surface area contributed by atoms with E-state index < -0.39 is 6.10 Å². The predicted molar refractivity (Wildman–Crippen MR) is 80.5 cm³/mol. The standard InChI is InChI=1S/C18H16O3/c1-20-17-5-3-2-4-13(17)6-8-16(19)14-7-9-18-15(12-14)10-11-21-18/h2-5,7,9,12,16,19H,10-11H2,1H3. The average molecular weight is 280 g/mol. The Morgan fingerprint density at radius 2 is 2.10 bits per heavy atom. The van der Waals surface area contributed by atoms with Gasteiger partial charge in [-0.1, -0.05) is 30.0 Å². The van der Waals surface area contributed by atoms with Gasteiger partial charge in [-0.05, 0) is 35.4 Å². The molecule has 0 saturated heterocycles. The summed E-state index contributed by atoms with van der Waals surface area (Å²) >= 11 is 0.